The molecule has 0 aliphatic carbocycles. The van der Waals surface area contributed by atoms with Crippen LogP contribution in [0, 0.1) is 5.92 Å². The lowest BCUT2D eigenvalue weighted by Gasteiger charge is -2.11. The fourth-order valence-electron chi connectivity index (χ4n) is 1.42. The zero-order valence-electron chi connectivity index (χ0n) is 13.6. The summed E-state index contributed by atoms with van der Waals surface area (Å²) in [5.74, 6) is -0.277. The van der Waals surface area contributed by atoms with E-state index < -0.39 is 11.9 Å². The van der Waals surface area contributed by atoms with E-state index >= 15 is 0 Å². The van der Waals surface area contributed by atoms with Crippen molar-refractivity contribution >= 4 is 11.9 Å². The van der Waals surface area contributed by atoms with Gasteiger partial charge < -0.3 is 14.2 Å². The summed E-state index contributed by atoms with van der Waals surface area (Å²) in [5.41, 5.74) is 0.508. The molecule has 21 heavy (non-hydrogen) atoms. The Labute approximate surface area is 126 Å². The summed E-state index contributed by atoms with van der Waals surface area (Å²) >= 11 is 0. The smallest absolute Gasteiger partial charge is 0.338 e. The van der Waals surface area contributed by atoms with Crippen molar-refractivity contribution < 1.29 is 23.8 Å². The Morgan fingerprint density at radius 2 is 1.38 bits per heavy atom. The number of hydrogen-bond donors (Lipinski definition) is 0. The summed E-state index contributed by atoms with van der Waals surface area (Å²) < 4.78 is 14.8. The number of methoxy groups -OCH3 is 2. The minimum absolute atomic E-state index is 0.254. The Morgan fingerprint density at radius 1 is 0.952 bits per heavy atom. The first-order valence-electron chi connectivity index (χ1n) is 6.92. The monoisotopic (exact) mass is 296 g/mol. The summed E-state index contributed by atoms with van der Waals surface area (Å²) in [6.45, 7) is 8.50. The maximum atomic E-state index is 11.5. The van der Waals surface area contributed by atoms with Gasteiger partial charge in [-0.2, -0.15) is 0 Å². The number of carbonyl (C=O) groups excluding carboxylic acids is 2. The topological polar surface area (TPSA) is 61.8 Å². The molecule has 5 nitrogen and oxygen atoms in total. The number of carbonyl (C=O) groups is 2. The van der Waals surface area contributed by atoms with Crippen molar-refractivity contribution in [1.29, 1.82) is 0 Å². The normalized spacial score (nSPS) is 9.48. The van der Waals surface area contributed by atoms with Gasteiger partial charge in [-0.05, 0) is 24.1 Å². The van der Waals surface area contributed by atoms with Gasteiger partial charge in [-0.3, -0.25) is 0 Å². The van der Waals surface area contributed by atoms with Crippen molar-refractivity contribution in [3.8, 4) is 5.75 Å². The van der Waals surface area contributed by atoms with Gasteiger partial charge in [0.05, 0.1) is 32.0 Å². The minimum Gasteiger partial charge on any atom is -0.493 e. The second-order valence-corrected chi connectivity index (χ2v) is 4.43. The highest BCUT2D eigenvalue weighted by Gasteiger charge is 2.14. The number of rotatable bonds is 5. The van der Waals surface area contributed by atoms with Crippen molar-refractivity contribution in [1.82, 2.24) is 0 Å². The third kappa shape index (κ3) is 6.29. The molecule has 0 N–H and O–H groups in total. The third-order valence-corrected chi connectivity index (χ3v) is 2.33. The molecule has 0 atom stereocenters. The van der Waals surface area contributed by atoms with E-state index in [0.29, 0.717) is 18.3 Å². The highest BCUT2D eigenvalue weighted by molar-refractivity contribution is 5.96. The van der Waals surface area contributed by atoms with Crippen LogP contribution in [0.25, 0.3) is 0 Å². The molecule has 0 saturated carbocycles. The molecule has 1 aromatic carbocycles. The summed E-state index contributed by atoms with van der Waals surface area (Å²) in [7, 11) is 2.56. The summed E-state index contributed by atoms with van der Waals surface area (Å²) in [6, 6.07) is 4.50. The first-order chi connectivity index (χ1) is 9.97. The minimum atomic E-state index is -0.528. The molecule has 0 amide bonds. The Hall–Kier alpha value is -2.04. The van der Waals surface area contributed by atoms with Crippen LogP contribution >= 0.6 is 0 Å². The average molecular weight is 296 g/mol. The molecule has 0 spiro atoms. The van der Waals surface area contributed by atoms with Crippen LogP contribution in [0.1, 0.15) is 48.4 Å². The predicted octanol–water partition coefficient (Wildman–Crippen LogP) is 3.32. The molecule has 0 aliphatic heterocycles. The number of esters is 2. The number of hydrogen-bond acceptors (Lipinski definition) is 5. The summed E-state index contributed by atoms with van der Waals surface area (Å²) in [6.07, 6.45) is 0. The van der Waals surface area contributed by atoms with E-state index in [9.17, 15) is 9.59 Å². The van der Waals surface area contributed by atoms with Crippen LogP contribution in [-0.2, 0) is 9.47 Å². The van der Waals surface area contributed by atoms with Crippen molar-refractivity contribution in [2.45, 2.75) is 27.7 Å². The molecule has 0 heterocycles. The fourth-order valence-corrected chi connectivity index (χ4v) is 1.42. The molecule has 0 unspecified atom stereocenters. The van der Waals surface area contributed by atoms with Gasteiger partial charge in [0, 0.05) is 0 Å². The van der Waals surface area contributed by atoms with Gasteiger partial charge in [0.15, 0.2) is 0 Å². The molecule has 0 radical (unpaired) electrons. The molecule has 0 aliphatic rings. The molecule has 1 rings (SSSR count). The van der Waals surface area contributed by atoms with Gasteiger partial charge in [-0.15, -0.1) is 0 Å². The largest absolute Gasteiger partial charge is 0.493 e. The zero-order valence-corrected chi connectivity index (χ0v) is 13.6. The summed E-state index contributed by atoms with van der Waals surface area (Å²) in [4.78, 5) is 23.1. The van der Waals surface area contributed by atoms with Crippen LogP contribution < -0.4 is 4.74 Å². The van der Waals surface area contributed by atoms with Crippen LogP contribution in [0.3, 0.4) is 0 Å². The lowest BCUT2D eigenvalue weighted by Crippen LogP contribution is -2.09. The first kappa shape index (κ1) is 19.0. The molecule has 0 saturated heterocycles. The van der Waals surface area contributed by atoms with Crippen LogP contribution in [-0.4, -0.2) is 32.8 Å². The second-order valence-electron chi connectivity index (χ2n) is 4.43. The Bertz CT molecular complexity index is 431. The van der Waals surface area contributed by atoms with Crippen LogP contribution in [0.2, 0.25) is 0 Å². The van der Waals surface area contributed by atoms with Crippen molar-refractivity contribution in [3.63, 3.8) is 0 Å². The fraction of sp³-hybridized carbons (Fsp3) is 0.500. The van der Waals surface area contributed by atoms with Crippen molar-refractivity contribution in [2.75, 3.05) is 20.8 Å². The maximum absolute atomic E-state index is 11.5. The molecule has 1 aromatic rings. The lowest BCUT2D eigenvalue weighted by atomic mass is 10.1. The predicted molar refractivity (Wildman–Crippen MR) is 80.8 cm³/mol. The highest BCUT2D eigenvalue weighted by atomic mass is 16.5. The van der Waals surface area contributed by atoms with E-state index in [4.69, 9.17) is 4.74 Å². The van der Waals surface area contributed by atoms with Gasteiger partial charge in [-0.1, -0.05) is 27.7 Å². The number of benzene rings is 1. The second kappa shape index (κ2) is 9.80. The zero-order chi connectivity index (χ0) is 16.4. The Balaban J connectivity index is 0.00000191. The first-order valence-corrected chi connectivity index (χ1v) is 6.92. The SMILES string of the molecule is CC.COC(=O)c1cc(OCC(C)C)cc(C(=O)OC)c1. The molecule has 5 heteroatoms. The van der Waals surface area contributed by atoms with Crippen molar-refractivity contribution in [2.24, 2.45) is 5.92 Å². The molecular formula is C16H24O5. The van der Waals surface area contributed by atoms with Gasteiger partial charge in [-0.25, -0.2) is 9.59 Å². The molecule has 0 fully saturated rings. The lowest BCUT2D eigenvalue weighted by molar-refractivity contribution is 0.0598. The van der Waals surface area contributed by atoms with Gasteiger partial charge in [0.25, 0.3) is 0 Å². The Kier molecular flexibility index (Phi) is 8.85. The van der Waals surface area contributed by atoms with Crippen LogP contribution in [0.15, 0.2) is 18.2 Å². The third-order valence-electron chi connectivity index (χ3n) is 2.33. The van der Waals surface area contributed by atoms with Crippen molar-refractivity contribution in [3.05, 3.63) is 29.3 Å². The van der Waals surface area contributed by atoms with Crippen LogP contribution in [0.5, 0.6) is 5.75 Å². The van der Waals surface area contributed by atoms with E-state index in [0.717, 1.165) is 0 Å². The van der Waals surface area contributed by atoms with E-state index in [1.165, 1.54) is 20.3 Å². The molecule has 118 valence electrons. The van der Waals surface area contributed by atoms with Crippen LogP contribution in [0.4, 0.5) is 0 Å². The average Bonchev–Trinajstić information content (AvgIpc) is 2.52. The van der Waals surface area contributed by atoms with Gasteiger partial charge >= 0.3 is 11.9 Å². The molecule has 0 aromatic heterocycles. The van der Waals surface area contributed by atoms with Gasteiger partial charge in [0.1, 0.15) is 5.75 Å². The van der Waals surface area contributed by atoms with E-state index in [1.54, 1.807) is 12.1 Å². The van der Waals surface area contributed by atoms with E-state index in [1.807, 2.05) is 27.7 Å². The molecule has 0 bridgehead atoms. The van der Waals surface area contributed by atoms with Gasteiger partial charge in [0.2, 0.25) is 0 Å². The highest BCUT2D eigenvalue weighted by Crippen LogP contribution is 2.19. The maximum Gasteiger partial charge on any atom is 0.338 e. The Morgan fingerprint density at radius 3 is 1.71 bits per heavy atom. The molecular weight excluding hydrogens is 272 g/mol. The summed E-state index contributed by atoms with van der Waals surface area (Å²) in [5, 5.41) is 0. The number of ether oxygens (including phenoxy) is 3. The standard InChI is InChI=1S/C14H18O5.C2H6/c1-9(2)8-19-12-6-10(13(15)17-3)5-11(7-12)14(16)18-4;1-2/h5-7,9H,8H2,1-4H3;1-2H3. The van der Waals surface area contributed by atoms with E-state index in [2.05, 4.69) is 9.47 Å². The quantitative estimate of drug-likeness (QED) is 0.780. The van der Waals surface area contributed by atoms with E-state index in [-0.39, 0.29) is 11.1 Å².